The van der Waals surface area contributed by atoms with Gasteiger partial charge in [-0.05, 0) is 37.4 Å². The van der Waals surface area contributed by atoms with Crippen LogP contribution in [0.3, 0.4) is 0 Å². The minimum atomic E-state index is -0.639. The van der Waals surface area contributed by atoms with Crippen LogP contribution in [0.15, 0.2) is 24.3 Å². The van der Waals surface area contributed by atoms with E-state index in [1.54, 1.807) is 0 Å². The van der Waals surface area contributed by atoms with Gasteiger partial charge in [-0.15, -0.1) is 0 Å². The van der Waals surface area contributed by atoms with Crippen LogP contribution in [0, 0.1) is 0 Å². The Morgan fingerprint density at radius 2 is 1.86 bits per heavy atom. The van der Waals surface area contributed by atoms with E-state index in [9.17, 15) is 5.11 Å². The fourth-order valence-electron chi connectivity index (χ4n) is 2.73. The van der Waals surface area contributed by atoms with E-state index in [1.165, 1.54) is 5.56 Å². The highest BCUT2D eigenvalue weighted by molar-refractivity contribution is 7.99. The monoisotopic (exact) mass is 307 g/mol. The van der Waals surface area contributed by atoms with Gasteiger partial charge in [0, 0.05) is 23.6 Å². The van der Waals surface area contributed by atoms with Crippen molar-refractivity contribution < 1.29 is 5.11 Å². The van der Waals surface area contributed by atoms with Crippen molar-refractivity contribution in [1.82, 2.24) is 4.90 Å². The predicted molar refractivity (Wildman–Crippen MR) is 92.7 cm³/mol. The topological polar surface area (TPSA) is 23.5 Å². The second-order valence-corrected chi connectivity index (χ2v) is 8.58. The molecule has 0 spiro atoms. The fourth-order valence-corrected chi connectivity index (χ4v) is 3.74. The summed E-state index contributed by atoms with van der Waals surface area (Å²) in [5.74, 6) is 0.981. The van der Waals surface area contributed by atoms with Crippen molar-refractivity contribution in [3.05, 3.63) is 35.4 Å². The lowest BCUT2D eigenvalue weighted by Gasteiger charge is -2.38. The summed E-state index contributed by atoms with van der Waals surface area (Å²) in [7, 11) is 2.13. The molecule has 1 saturated heterocycles. The molecule has 118 valence electrons. The summed E-state index contributed by atoms with van der Waals surface area (Å²) in [6.07, 6.45) is 2.83. The van der Waals surface area contributed by atoms with Gasteiger partial charge in [0.2, 0.25) is 0 Å². The number of likely N-dealkylation sites (tertiary alicyclic amines) is 1. The Kier molecular flexibility index (Phi) is 5.39. The van der Waals surface area contributed by atoms with Crippen molar-refractivity contribution >= 4 is 11.8 Å². The van der Waals surface area contributed by atoms with Crippen molar-refractivity contribution in [2.45, 2.75) is 56.1 Å². The highest BCUT2D eigenvalue weighted by Gasteiger charge is 2.34. The second kappa shape index (κ2) is 6.72. The Labute approximate surface area is 133 Å². The maximum atomic E-state index is 11.1. The van der Waals surface area contributed by atoms with Crippen molar-refractivity contribution in [2.75, 3.05) is 20.1 Å². The number of rotatable bonds is 5. The lowest BCUT2D eigenvalue weighted by molar-refractivity contribution is -0.0208. The van der Waals surface area contributed by atoms with Crippen LogP contribution in [0.5, 0.6) is 0 Å². The molecule has 0 saturated carbocycles. The average molecular weight is 308 g/mol. The Balaban J connectivity index is 2.17. The lowest BCUT2D eigenvalue weighted by atomic mass is 9.82. The molecule has 0 atom stereocenters. The maximum absolute atomic E-state index is 11.1. The largest absolute Gasteiger partial charge is 0.385 e. The summed E-state index contributed by atoms with van der Waals surface area (Å²) in [6, 6.07) is 8.46. The minimum absolute atomic E-state index is 0.294. The van der Waals surface area contributed by atoms with Gasteiger partial charge in [0.05, 0.1) is 5.60 Å². The number of nitrogens with zero attached hydrogens (tertiary/aromatic N) is 1. The molecule has 0 aliphatic carbocycles. The number of benzene rings is 1. The Morgan fingerprint density at radius 1 is 1.24 bits per heavy atom. The van der Waals surface area contributed by atoms with E-state index >= 15 is 0 Å². The fraction of sp³-hybridized carbons (Fsp3) is 0.667. The van der Waals surface area contributed by atoms with E-state index in [0.29, 0.717) is 4.75 Å². The van der Waals surface area contributed by atoms with E-state index in [0.717, 1.165) is 43.7 Å². The minimum Gasteiger partial charge on any atom is -0.385 e. The van der Waals surface area contributed by atoms with E-state index in [4.69, 9.17) is 0 Å². The SMILES string of the molecule is CCC(C)(C)SCc1ccccc1C1(O)CCN(C)CC1. The molecule has 0 bridgehead atoms. The third kappa shape index (κ3) is 4.24. The number of hydrogen-bond donors (Lipinski definition) is 1. The van der Waals surface area contributed by atoms with Crippen LogP contribution in [0.4, 0.5) is 0 Å². The molecule has 0 unspecified atom stereocenters. The zero-order chi connectivity index (χ0) is 15.5. The van der Waals surface area contributed by atoms with Crippen LogP contribution >= 0.6 is 11.8 Å². The van der Waals surface area contributed by atoms with Gasteiger partial charge in [-0.2, -0.15) is 11.8 Å². The zero-order valence-electron chi connectivity index (χ0n) is 13.9. The normalized spacial score (nSPS) is 19.7. The van der Waals surface area contributed by atoms with E-state index in [1.807, 2.05) is 11.8 Å². The number of aliphatic hydroxyl groups is 1. The average Bonchev–Trinajstić information content (AvgIpc) is 2.49. The summed E-state index contributed by atoms with van der Waals surface area (Å²) in [5.41, 5.74) is 1.81. The van der Waals surface area contributed by atoms with E-state index in [2.05, 4.69) is 57.0 Å². The highest BCUT2D eigenvalue weighted by atomic mass is 32.2. The molecule has 0 radical (unpaired) electrons. The summed E-state index contributed by atoms with van der Waals surface area (Å²) >= 11 is 1.99. The van der Waals surface area contributed by atoms with Gasteiger partial charge < -0.3 is 10.0 Å². The summed E-state index contributed by atoms with van der Waals surface area (Å²) in [6.45, 7) is 8.77. The Bertz CT molecular complexity index is 464. The van der Waals surface area contributed by atoms with Gasteiger partial charge in [0.15, 0.2) is 0 Å². The summed E-state index contributed by atoms with van der Waals surface area (Å²) in [5, 5.41) is 11.1. The van der Waals surface area contributed by atoms with Gasteiger partial charge in [-0.3, -0.25) is 0 Å². The van der Waals surface area contributed by atoms with Crippen molar-refractivity contribution in [2.24, 2.45) is 0 Å². The first-order valence-electron chi connectivity index (χ1n) is 7.99. The quantitative estimate of drug-likeness (QED) is 0.888. The van der Waals surface area contributed by atoms with Crippen molar-refractivity contribution in [3.63, 3.8) is 0 Å². The molecule has 0 amide bonds. The van der Waals surface area contributed by atoms with Crippen LogP contribution in [0.1, 0.15) is 51.2 Å². The standard InChI is InChI=1S/C18H29NOS/c1-5-17(2,3)21-14-15-8-6-7-9-16(15)18(20)10-12-19(4)13-11-18/h6-9,20H,5,10-14H2,1-4H3. The first-order valence-corrected chi connectivity index (χ1v) is 8.98. The molecule has 21 heavy (non-hydrogen) atoms. The maximum Gasteiger partial charge on any atom is 0.0923 e. The first-order chi connectivity index (χ1) is 9.86. The molecule has 1 aromatic rings. The molecule has 2 rings (SSSR count). The van der Waals surface area contributed by atoms with E-state index in [-0.39, 0.29) is 0 Å². The summed E-state index contributed by atoms with van der Waals surface area (Å²) in [4.78, 5) is 2.30. The van der Waals surface area contributed by atoms with Gasteiger partial charge in [-0.25, -0.2) is 0 Å². The molecular weight excluding hydrogens is 278 g/mol. The molecule has 1 heterocycles. The van der Waals surface area contributed by atoms with Gasteiger partial charge in [0.1, 0.15) is 0 Å². The molecular formula is C18H29NOS. The second-order valence-electron chi connectivity index (χ2n) is 6.89. The van der Waals surface area contributed by atoms with Crippen LogP contribution < -0.4 is 0 Å². The predicted octanol–water partition coefficient (Wildman–Crippen LogP) is 4.02. The van der Waals surface area contributed by atoms with Gasteiger partial charge in [0.25, 0.3) is 0 Å². The van der Waals surface area contributed by atoms with Gasteiger partial charge in [-0.1, -0.05) is 45.0 Å². The molecule has 0 aromatic heterocycles. The Hall–Kier alpha value is -0.510. The summed E-state index contributed by atoms with van der Waals surface area (Å²) < 4.78 is 0.294. The van der Waals surface area contributed by atoms with Crippen molar-refractivity contribution in [1.29, 1.82) is 0 Å². The molecule has 1 N–H and O–H groups in total. The smallest absolute Gasteiger partial charge is 0.0923 e. The Morgan fingerprint density at radius 3 is 2.48 bits per heavy atom. The molecule has 3 heteroatoms. The third-order valence-electron chi connectivity index (χ3n) is 4.80. The first kappa shape index (κ1) is 16.9. The highest BCUT2D eigenvalue weighted by Crippen LogP contribution is 2.38. The van der Waals surface area contributed by atoms with Crippen LogP contribution in [-0.2, 0) is 11.4 Å². The van der Waals surface area contributed by atoms with Crippen molar-refractivity contribution in [3.8, 4) is 0 Å². The van der Waals surface area contributed by atoms with Gasteiger partial charge >= 0.3 is 0 Å². The molecule has 2 nitrogen and oxygen atoms in total. The number of piperidine rings is 1. The third-order valence-corrected chi connectivity index (χ3v) is 6.33. The molecule has 1 fully saturated rings. The van der Waals surface area contributed by atoms with Crippen LogP contribution in [-0.4, -0.2) is 34.9 Å². The number of hydrogen-bond acceptors (Lipinski definition) is 3. The lowest BCUT2D eigenvalue weighted by Crippen LogP contribution is -2.41. The van der Waals surface area contributed by atoms with Crippen LogP contribution in [0.2, 0.25) is 0 Å². The molecule has 1 aliphatic rings. The molecule has 1 aromatic carbocycles. The molecule has 1 aliphatic heterocycles. The van der Waals surface area contributed by atoms with E-state index < -0.39 is 5.60 Å². The zero-order valence-corrected chi connectivity index (χ0v) is 14.7. The number of thioether (sulfide) groups is 1. The van der Waals surface area contributed by atoms with Crippen LogP contribution in [0.25, 0.3) is 0 Å².